The van der Waals surface area contributed by atoms with Gasteiger partial charge in [-0.25, -0.2) is 0 Å². The van der Waals surface area contributed by atoms with Gasteiger partial charge < -0.3 is 0 Å². The van der Waals surface area contributed by atoms with Crippen LogP contribution in [0.3, 0.4) is 0 Å². The highest BCUT2D eigenvalue weighted by molar-refractivity contribution is 7.20. The van der Waals surface area contributed by atoms with E-state index in [1.165, 1.54) is 11.3 Å². The Bertz CT molecular complexity index is 518. The SMILES string of the molecule is Cn1ccc(C(=O)c2cc(Cl)sc2Cl)n1. The van der Waals surface area contributed by atoms with Crippen LogP contribution in [0.4, 0.5) is 0 Å². The maximum Gasteiger partial charge on any atom is 0.215 e. The molecule has 78 valence electrons. The highest BCUT2D eigenvalue weighted by atomic mass is 35.5. The lowest BCUT2D eigenvalue weighted by Gasteiger charge is -1.93. The standard InChI is InChI=1S/C9H6Cl2N2OS/c1-13-3-2-6(12-13)8(14)5-4-7(10)15-9(5)11/h2-4H,1H3. The molecule has 2 rings (SSSR count). The van der Waals surface area contributed by atoms with Gasteiger partial charge in [-0.2, -0.15) is 5.10 Å². The zero-order chi connectivity index (χ0) is 11.0. The van der Waals surface area contributed by atoms with Crippen molar-refractivity contribution in [1.29, 1.82) is 0 Å². The molecular weight excluding hydrogens is 255 g/mol. The normalized spacial score (nSPS) is 10.6. The first-order valence-electron chi connectivity index (χ1n) is 4.07. The van der Waals surface area contributed by atoms with Crippen LogP contribution in [0.5, 0.6) is 0 Å². The Morgan fingerprint density at radius 1 is 1.53 bits per heavy atom. The van der Waals surface area contributed by atoms with Gasteiger partial charge in [0.1, 0.15) is 10.0 Å². The maximum atomic E-state index is 11.9. The van der Waals surface area contributed by atoms with Crippen LogP contribution in [0, 0.1) is 0 Å². The van der Waals surface area contributed by atoms with Crippen molar-refractivity contribution >= 4 is 40.3 Å². The molecule has 0 radical (unpaired) electrons. The van der Waals surface area contributed by atoms with Crippen LogP contribution >= 0.6 is 34.5 Å². The molecule has 0 aliphatic carbocycles. The number of nitrogens with zero attached hydrogens (tertiary/aromatic N) is 2. The summed E-state index contributed by atoms with van der Waals surface area (Å²) in [6.07, 6.45) is 1.70. The second kappa shape index (κ2) is 3.96. The van der Waals surface area contributed by atoms with E-state index in [4.69, 9.17) is 23.2 Å². The Hall–Kier alpha value is -0.840. The molecule has 2 aromatic heterocycles. The van der Waals surface area contributed by atoms with Crippen LogP contribution < -0.4 is 0 Å². The van der Waals surface area contributed by atoms with Crippen LogP contribution in [0.25, 0.3) is 0 Å². The number of thiophene rings is 1. The van der Waals surface area contributed by atoms with Crippen LogP contribution in [-0.2, 0) is 7.05 Å². The molecule has 2 heterocycles. The number of carbonyl (C=O) groups is 1. The number of rotatable bonds is 2. The number of aromatic nitrogens is 2. The molecule has 0 unspecified atom stereocenters. The van der Waals surface area contributed by atoms with Crippen LogP contribution in [-0.4, -0.2) is 15.6 Å². The number of hydrogen-bond donors (Lipinski definition) is 0. The predicted molar refractivity (Wildman–Crippen MR) is 61.0 cm³/mol. The van der Waals surface area contributed by atoms with Gasteiger partial charge in [-0.1, -0.05) is 23.2 Å². The number of ketones is 1. The molecule has 0 aliphatic rings. The fourth-order valence-corrected chi connectivity index (χ4v) is 2.63. The largest absolute Gasteiger partial charge is 0.287 e. The Labute approximate surface area is 100 Å². The van der Waals surface area contributed by atoms with Crippen molar-refractivity contribution in [3.63, 3.8) is 0 Å². The van der Waals surface area contributed by atoms with Crippen LogP contribution in [0.1, 0.15) is 16.1 Å². The van der Waals surface area contributed by atoms with Crippen molar-refractivity contribution in [2.24, 2.45) is 7.05 Å². The summed E-state index contributed by atoms with van der Waals surface area (Å²) in [5, 5.41) is 4.01. The summed E-state index contributed by atoms with van der Waals surface area (Å²) in [5.74, 6) is -0.205. The molecule has 0 amide bonds. The number of aryl methyl sites for hydroxylation is 1. The smallest absolute Gasteiger partial charge is 0.215 e. The number of hydrogen-bond acceptors (Lipinski definition) is 3. The maximum absolute atomic E-state index is 11.9. The molecule has 0 aromatic carbocycles. The van der Waals surface area contributed by atoms with Gasteiger partial charge in [0, 0.05) is 13.2 Å². The van der Waals surface area contributed by atoms with Gasteiger partial charge in [0.2, 0.25) is 5.78 Å². The van der Waals surface area contributed by atoms with E-state index in [2.05, 4.69) is 5.10 Å². The average Bonchev–Trinajstić information content (AvgIpc) is 2.71. The van der Waals surface area contributed by atoms with E-state index in [0.717, 1.165) is 0 Å². The topological polar surface area (TPSA) is 34.9 Å². The molecule has 3 nitrogen and oxygen atoms in total. The summed E-state index contributed by atoms with van der Waals surface area (Å²) >= 11 is 12.8. The van der Waals surface area contributed by atoms with Crippen molar-refractivity contribution in [3.8, 4) is 0 Å². The summed E-state index contributed by atoms with van der Waals surface area (Å²) < 4.78 is 2.46. The first-order valence-corrected chi connectivity index (χ1v) is 5.64. The van der Waals surface area contributed by atoms with E-state index < -0.39 is 0 Å². The zero-order valence-electron chi connectivity index (χ0n) is 7.70. The predicted octanol–water partition coefficient (Wildman–Crippen LogP) is 3.02. The van der Waals surface area contributed by atoms with E-state index in [9.17, 15) is 4.79 Å². The Kier molecular flexibility index (Phi) is 2.82. The zero-order valence-corrected chi connectivity index (χ0v) is 10.0. The molecule has 0 N–H and O–H groups in total. The fourth-order valence-electron chi connectivity index (χ4n) is 1.17. The van der Waals surface area contributed by atoms with E-state index >= 15 is 0 Å². The Morgan fingerprint density at radius 2 is 2.27 bits per heavy atom. The monoisotopic (exact) mass is 260 g/mol. The molecule has 0 saturated carbocycles. The lowest BCUT2D eigenvalue weighted by Crippen LogP contribution is -2.02. The first-order chi connectivity index (χ1) is 7.08. The van der Waals surface area contributed by atoms with E-state index in [-0.39, 0.29) is 5.78 Å². The molecule has 0 bridgehead atoms. The van der Waals surface area contributed by atoms with Gasteiger partial charge in [-0.15, -0.1) is 11.3 Å². The summed E-state index contributed by atoms with van der Waals surface area (Å²) in [7, 11) is 1.75. The van der Waals surface area contributed by atoms with Crippen molar-refractivity contribution in [2.75, 3.05) is 0 Å². The van der Waals surface area contributed by atoms with Crippen LogP contribution in [0.15, 0.2) is 18.3 Å². The second-order valence-corrected chi connectivity index (χ2v) is 5.23. The lowest BCUT2D eigenvalue weighted by atomic mass is 10.2. The minimum absolute atomic E-state index is 0.205. The highest BCUT2D eigenvalue weighted by Crippen LogP contribution is 2.32. The Morgan fingerprint density at radius 3 is 2.73 bits per heavy atom. The minimum atomic E-state index is -0.205. The Balaban J connectivity index is 2.40. The molecule has 6 heteroatoms. The molecule has 2 aromatic rings. The molecule has 0 fully saturated rings. The molecule has 0 aliphatic heterocycles. The third-order valence-corrected chi connectivity index (χ3v) is 3.34. The van der Waals surface area contributed by atoms with E-state index in [0.29, 0.717) is 19.9 Å². The molecule has 0 saturated heterocycles. The van der Waals surface area contributed by atoms with Gasteiger partial charge in [0.15, 0.2) is 0 Å². The molecule has 15 heavy (non-hydrogen) atoms. The van der Waals surface area contributed by atoms with Crippen molar-refractivity contribution < 1.29 is 4.79 Å². The quantitative estimate of drug-likeness (QED) is 0.779. The highest BCUT2D eigenvalue weighted by Gasteiger charge is 2.17. The van der Waals surface area contributed by atoms with Gasteiger partial charge in [-0.05, 0) is 12.1 Å². The number of carbonyl (C=O) groups excluding carboxylic acids is 1. The minimum Gasteiger partial charge on any atom is -0.287 e. The summed E-state index contributed by atoms with van der Waals surface area (Å²) in [4.78, 5) is 11.9. The van der Waals surface area contributed by atoms with Gasteiger partial charge in [0.05, 0.1) is 9.90 Å². The summed E-state index contributed by atoms with van der Waals surface area (Å²) in [5.41, 5.74) is 0.777. The van der Waals surface area contributed by atoms with Crippen LogP contribution in [0.2, 0.25) is 8.67 Å². The fraction of sp³-hybridized carbons (Fsp3) is 0.111. The molecule has 0 spiro atoms. The third kappa shape index (κ3) is 2.07. The van der Waals surface area contributed by atoms with Crippen molar-refractivity contribution in [2.45, 2.75) is 0 Å². The molecule has 0 atom stereocenters. The third-order valence-electron chi connectivity index (χ3n) is 1.85. The van der Waals surface area contributed by atoms with Gasteiger partial charge >= 0.3 is 0 Å². The first kappa shape index (κ1) is 10.7. The van der Waals surface area contributed by atoms with E-state index in [1.54, 1.807) is 30.1 Å². The number of halogens is 2. The summed E-state index contributed by atoms with van der Waals surface area (Å²) in [6, 6.07) is 3.20. The van der Waals surface area contributed by atoms with Gasteiger partial charge in [-0.3, -0.25) is 9.48 Å². The average molecular weight is 261 g/mol. The van der Waals surface area contributed by atoms with Gasteiger partial charge in [0.25, 0.3) is 0 Å². The van der Waals surface area contributed by atoms with Crippen molar-refractivity contribution in [3.05, 3.63) is 38.3 Å². The summed E-state index contributed by atoms with van der Waals surface area (Å²) in [6.45, 7) is 0. The van der Waals surface area contributed by atoms with E-state index in [1.807, 2.05) is 0 Å². The lowest BCUT2D eigenvalue weighted by molar-refractivity contribution is 0.103. The molecular formula is C9H6Cl2N2OS. The van der Waals surface area contributed by atoms with Crippen molar-refractivity contribution in [1.82, 2.24) is 9.78 Å². The second-order valence-electron chi connectivity index (χ2n) is 2.94.